The molecule has 0 spiro atoms. The molecule has 1 heterocycles. The normalized spacial score (nSPS) is 16.4. The first-order valence-corrected chi connectivity index (χ1v) is 6.81. The zero-order chi connectivity index (χ0) is 14.5. The number of halogens is 1. The van der Waals surface area contributed by atoms with Crippen molar-refractivity contribution in [3.05, 3.63) is 0 Å². The summed E-state index contributed by atoms with van der Waals surface area (Å²) in [4.78, 5) is 25.3. The summed E-state index contributed by atoms with van der Waals surface area (Å²) in [6, 6.07) is -0.0195. The molecule has 1 aliphatic rings. The highest BCUT2D eigenvalue weighted by atomic mass is 35.5. The molecule has 7 heteroatoms. The lowest BCUT2D eigenvalue weighted by Crippen LogP contribution is -2.51. The lowest BCUT2D eigenvalue weighted by Gasteiger charge is -2.31. The van der Waals surface area contributed by atoms with Crippen LogP contribution in [0.4, 0.5) is 4.79 Å². The standard InChI is InChI=1S/C13H26N4O2.ClH/c1-13(2,3)16-12(19)15-11(18)9-17(4)10-5-7-14-8-6-10;/h10,14H,5-9H2,1-4H3,(H2,15,16,18,19);1H. The number of urea groups is 1. The Morgan fingerprint density at radius 3 is 2.30 bits per heavy atom. The predicted molar refractivity (Wildman–Crippen MR) is 82.2 cm³/mol. The molecule has 118 valence electrons. The van der Waals surface area contributed by atoms with E-state index in [1.165, 1.54) is 0 Å². The third-order valence-corrected chi connectivity index (χ3v) is 3.07. The Hall–Kier alpha value is -0.850. The molecule has 1 aliphatic heterocycles. The van der Waals surface area contributed by atoms with Crippen molar-refractivity contribution in [3.63, 3.8) is 0 Å². The Kier molecular flexibility index (Phi) is 8.08. The van der Waals surface area contributed by atoms with Crippen LogP contribution in [0.2, 0.25) is 0 Å². The number of amides is 3. The maximum atomic E-state index is 11.8. The number of carbonyl (C=O) groups is 2. The van der Waals surface area contributed by atoms with E-state index < -0.39 is 6.03 Å². The first kappa shape index (κ1) is 19.1. The average molecular weight is 307 g/mol. The summed E-state index contributed by atoms with van der Waals surface area (Å²) < 4.78 is 0. The van der Waals surface area contributed by atoms with Crippen LogP contribution < -0.4 is 16.0 Å². The van der Waals surface area contributed by atoms with Crippen molar-refractivity contribution in [3.8, 4) is 0 Å². The van der Waals surface area contributed by atoms with Gasteiger partial charge >= 0.3 is 6.03 Å². The maximum Gasteiger partial charge on any atom is 0.321 e. The minimum Gasteiger partial charge on any atom is -0.333 e. The molecular formula is C13H27ClN4O2. The highest BCUT2D eigenvalue weighted by Crippen LogP contribution is 2.09. The van der Waals surface area contributed by atoms with Crippen molar-refractivity contribution in [2.24, 2.45) is 0 Å². The summed E-state index contributed by atoms with van der Waals surface area (Å²) in [5, 5.41) is 8.35. The van der Waals surface area contributed by atoms with E-state index in [-0.39, 0.29) is 30.4 Å². The van der Waals surface area contributed by atoms with Crippen molar-refractivity contribution in [2.45, 2.75) is 45.2 Å². The van der Waals surface area contributed by atoms with E-state index >= 15 is 0 Å². The van der Waals surface area contributed by atoms with Crippen LogP contribution in [0, 0.1) is 0 Å². The van der Waals surface area contributed by atoms with Crippen LogP contribution in [0.3, 0.4) is 0 Å². The zero-order valence-corrected chi connectivity index (χ0v) is 13.6. The molecule has 1 rings (SSSR count). The van der Waals surface area contributed by atoms with Gasteiger partial charge in [0.2, 0.25) is 5.91 Å². The minimum atomic E-state index is -0.434. The topological polar surface area (TPSA) is 73.5 Å². The molecule has 0 aromatic heterocycles. The van der Waals surface area contributed by atoms with Gasteiger partial charge in [0, 0.05) is 11.6 Å². The second kappa shape index (κ2) is 8.44. The smallest absolute Gasteiger partial charge is 0.321 e. The van der Waals surface area contributed by atoms with E-state index in [9.17, 15) is 9.59 Å². The number of hydrogen-bond donors (Lipinski definition) is 3. The molecule has 0 atom stereocenters. The lowest BCUT2D eigenvalue weighted by atomic mass is 10.1. The first-order chi connectivity index (χ1) is 8.78. The molecule has 3 N–H and O–H groups in total. The molecule has 20 heavy (non-hydrogen) atoms. The van der Waals surface area contributed by atoms with Gasteiger partial charge in [-0.05, 0) is 53.8 Å². The van der Waals surface area contributed by atoms with Crippen molar-refractivity contribution >= 4 is 24.3 Å². The number of nitrogens with one attached hydrogen (secondary N) is 3. The molecule has 6 nitrogen and oxygen atoms in total. The van der Waals surface area contributed by atoms with Crippen LogP contribution in [-0.4, -0.2) is 55.1 Å². The number of hydrogen-bond acceptors (Lipinski definition) is 4. The van der Waals surface area contributed by atoms with Crippen LogP contribution in [0.25, 0.3) is 0 Å². The maximum absolute atomic E-state index is 11.8. The number of carbonyl (C=O) groups excluding carboxylic acids is 2. The highest BCUT2D eigenvalue weighted by molar-refractivity contribution is 5.95. The fraction of sp³-hybridized carbons (Fsp3) is 0.846. The number of nitrogens with zero attached hydrogens (tertiary/aromatic N) is 1. The summed E-state index contributed by atoms with van der Waals surface area (Å²) >= 11 is 0. The fourth-order valence-corrected chi connectivity index (χ4v) is 2.14. The molecule has 0 aromatic carbocycles. The van der Waals surface area contributed by atoms with Gasteiger partial charge < -0.3 is 10.6 Å². The summed E-state index contributed by atoms with van der Waals surface area (Å²) in [5.41, 5.74) is -0.342. The van der Waals surface area contributed by atoms with Gasteiger partial charge in [-0.1, -0.05) is 0 Å². The molecule has 0 aromatic rings. The predicted octanol–water partition coefficient (Wildman–Crippen LogP) is 0.716. The van der Waals surface area contributed by atoms with E-state index in [1.807, 2.05) is 32.7 Å². The molecule has 0 aliphatic carbocycles. The molecule has 0 bridgehead atoms. The summed E-state index contributed by atoms with van der Waals surface area (Å²) in [6.07, 6.45) is 2.08. The Morgan fingerprint density at radius 1 is 1.25 bits per heavy atom. The van der Waals surface area contributed by atoms with Crippen LogP contribution in [0.15, 0.2) is 0 Å². The number of piperidine rings is 1. The minimum absolute atomic E-state index is 0. The van der Waals surface area contributed by atoms with Crippen LogP contribution in [0.1, 0.15) is 33.6 Å². The quantitative estimate of drug-likeness (QED) is 0.718. The number of imide groups is 1. The Balaban J connectivity index is 0.00000361. The fourth-order valence-electron chi connectivity index (χ4n) is 2.14. The Morgan fingerprint density at radius 2 is 1.80 bits per heavy atom. The third kappa shape index (κ3) is 7.67. The van der Waals surface area contributed by atoms with Crippen LogP contribution in [-0.2, 0) is 4.79 Å². The Bertz CT molecular complexity index is 325. The highest BCUT2D eigenvalue weighted by Gasteiger charge is 2.21. The van der Waals surface area contributed by atoms with E-state index in [2.05, 4.69) is 16.0 Å². The lowest BCUT2D eigenvalue weighted by molar-refractivity contribution is -0.121. The molecule has 1 fully saturated rings. The van der Waals surface area contributed by atoms with Crippen molar-refractivity contribution < 1.29 is 9.59 Å². The molecular weight excluding hydrogens is 280 g/mol. The van der Waals surface area contributed by atoms with Gasteiger partial charge in [-0.3, -0.25) is 15.0 Å². The van der Waals surface area contributed by atoms with Gasteiger partial charge in [0.15, 0.2) is 0 Å². The molecule has 3 amide bonds. The second-order valence-corrected chi connectivity index (χ2v) is 6.15. The largest absolute Gasteiger partial charge is 0.333 e. The van der Waals surface area contributed by atoms with Gasteiger partial charge in [0.05, 0.1) is 6.54 Å². The monoisotopic (exact) mass is 306 g/mol. The van der Waals surface area contributed by atoms with Crippen molar-refractivity contribution in [1.82, 2.24) is 20.9 Å². The second-order valence-electron chi connectivity index (χ2n) is 6.15. The van der Waals surface area contributed by atoms with E-state index in [0.717, 1.165) is 25.9 Å². The van der Waals surface area contributed by atoms with E-state index in [0.29, 0.717) is 6.04 Å². The Labute approximate surface area is 127 Å². The van der Waals surface area contributed by atoms with Gasteiger partial charge in [0.25, 0.3) is 0 Å². The zero-order valence-electron chi connectivity index (χ0n) is 12.8. The summed E-state index contributed by atoms with van der Waals surface area (Å²) in [7, 11) is 1.93. The molecule has 0 radical (unpaired) electrons. The van der Waals surface area contributed by atoms with Gasteiger partial charge in [-0.2, -0.15) is 0 Å². The number of rotatable bonds is 3. The third-order valence-electron chi connectivity index (χ3n) is 3.07. The molecule has 0 saturated carbocycles. The average Bonchev–Trinajstić information content (AvgIpc) is 2.27. The first-order valence-electron chi connectivity index (χ1n) is 6.81. The van der Waals surface area contributed by atoms with Crippen molar-refractivity contribution in [1.29, 1.82) is 0 Å². The van der Waals surface area contributed by atoms with Crippen LogP contribution in [0.5, 0.6) is 0 Å². The van der Waals surface area contributed by atoms with E-state index in [1.54, 1.807) is 0 Å². The van der Waals surface area contributed by atoms with Gasteiger partial charge in [0.1, 0.15) is 0 Å². The molecule has 1 saturated heterocycles. The SMILES string of the molecule is CN(CC(=O)NC(=O)NC(C)(C)C)C1CCNCC1.Cl. The van der Waals surface area contributed by atoms with Gasteiger partial charge in [-0.25, -0.2) is 4.79 Å². The van der Waals surface area contributed by atoms with Gasteiger partial charge in [-0.15, -0.1) is 12.4 Å². The van der Waals surface area contributed by atoms with E-state index in [4.69, 9.17) is 0 Å². The summed E-state index contributed by atoms with van der Waals surface area (Å²) in [5.74, 6) is -0.261. The van der Waals surface area contributed by atoms with Crippen LogP contribution >= 0.6 is 12.4 Å². The molecule has 0 unspecified atom stereocenters. The summed E-state index contributed by atoms with van der Waals surface area (Å²) in [6.45, 7) is 7.85. The van der Waals surface area contributed by atoms with Crippen molar-refractivity contribution in [2.75, 3.05) is 26.7 Å². The number of likely N-dealkylation sites (N-methyl/N-ethyl adjacent to an activating group) is 1.